The molecular weight excluding hydrogens is 202 g/mol. The molecule has 6 nitrogen and oxygen atoms in total. The van der Waals surface area contributed by atoms with Crippen LogP contribution in [0.3, 0.4) is 0 Å². The highest BCUT2D eigenvalue weighted by Crippen LogP contribution is 2.21. The molecular formula is C9H17NO5. The smallest absolute Gasteiger partial charge is 0.326 e. The predicted octanol–water partition coefficient (Wildman–Crippen LogP) is -1.08. The molecule has 0 amide bonds. The molecule has 0 unspecified atom stereocenters. The van der Waals surface area contributed by atoms with Crippen molar-refractivity contribution in [3.05, 3.63) is 0 Å². The lowest BCUT2D eigenvalue weighted by atomic mass is 10.1. The van der Waals surface area contributed by atoms with Gasteiger partial charge in [-0.3, -0.25) is 4.79 Å². The maximum absolute atomic E-state index is 11.3. The summed E-state index contributed by atoms with van der Waals surface area (Å²) < 4.78 is 20.3. The molecule has 0 spiro atoms. The Morgan fingerprint density at radius 1 is 1.47 bits per heavy atom. The molecule has 88 valence electrons. The van der Waals surface area contributed by atoms with E-state index in [0.717, 1.165) is 0 Å². The van der Waals surface area contributed by atoms with E-state index >= 15 is 0 Å². The summed E-state index contributed by atoms with van der Waals surface area (Å²) in [4.78, 5) is 11.3. The number of nitrogens with two attached hydrogens (primary N) is 1. The van der Waals surface area contributed by atoms with Crippen LogP contribution in [-0.2, 0) is 23.7 Å². The molecule has 6 heteroatoms. The molecule has 15 heavy (non-hydrogen) atoms. The van der Waals surface area contributed by atoms with E-state index in [1.165, 1.54) is 14.2 Å². The SMILES string of the molecule is COC[C@@H](OC)[C@@H]1OC(=O)[C@@H](N)[C@H]1OC. The zero-order chi connectivity index (χ0) is 11.4. The average Bonchev–Trinajstić information content (AvgIpc) is 2.51. The molecule has 1 aliphatic heterocycles. The normalized spacial score (nSPS) is 32.8. The molecule has 4 atom stereocenters. The number of carbonyl (C=O) groups is 1. The van der Waals surface area contributed by atoms with Crippen molar-refractivity contribution in [3.8, 4) is 0 Å². The summed E-state index contributed by atoms with van der Waals surface area (Å²) in [6, 6.07) is -0.755. The molecule has 1 heterocycles. The minimum atomic E-state index is -0.755. The molecule has 1 fully saturated rings. The van der Waals surface area contributed by atoms with Crippen molar-refractivity contribution in [2.24, 2.45) is 5.73 Å². The molecule has 1 aliphatic rings. The van der Waals surface area contributed by atoms with Gasteiger partial charge in [0, 0.05) is 21.3 Å². The van der Waals surface area contributed by atoms with Crippen LogP contribution in [-0.4, -0.2) is 58.3 Å². The van der Waals surface area contributed by atoms with Crippen LogP contribution in [0.25, 0.3) is 0 Å². The number of cyclic esters (lactones) is 1. The Kier molecular flexibility index (Phi) is 4.46. The lowest BCUT2D eigenvalue weighted by Gasteiger charge is -2.24. The first-order chi connectivity index (χ1) is 7.15. The van der Waals surface area contributed by atoms with Crippen LogP contribution in [0.1, 0.15) is 0 Å². The van der Waals surface area contributed by atoms with Gasteiger partial charge in [0.2, 0.25) is 0 Å². The quantitative estimate of drug-likeness (QED) is 0.592. The summed E-state index contributed by atoms with van der Waals surface area (Å²) in [7, 11) is 4.55. The lowest BCUT2D eigenvalue weighted by Crippen LogP contribution is -2.45. The van der Waals surface area contributed by atoms with Gasteiger partial charge in [-0.2, -0.15) is 0 Å². The fourth-order valence-electron chi connectivity index (χ4n) is 1.65. The fraction of sp³-hybridized carbons (Fsp3) is 0.889. The van der Waals surface area contributed by atoms with Crippen LogP contribution in [0.15, 0.2) is 0 Å². The zero-order valence-electron chi connectivity index (χ0n) is 9.14. The number of ether oxygens (including phenoxy) is 4. The Labute approximate surface area is 88.6 Å². The molecule has 0 aromatic rings. The van der Waals surface area contributed by atoms with E-state index in [1.807, 2.05) is 0 Å². The predicted molar refractivity (Wildman–Crippen MR) is 51.3 cm³/mol. The highest BCUT2D eigenvalue weighted by molar-refractivity contribution is 5.79. The number of esters is 1. The Bertz CT molecular complexity index is 223. The van der Waals surface area contributed by atoms with E-state index < -0.39 is 24.2 Å². The minimum absolute atomic E-state index is 0.320. The van der Waals surface area contributed by atoms with Crippen LogP contribution in [0.2, 0.25) is 0 Å². The molecule has 0 bridgehead atoms. The Morgan fingerprint density at radius 3 is 2.60 bits per heavy atom. The summed E-state index contributed by atoms with van der Waals surface area (Å²) in [6.45, 7) is 0.320. The Hall–Kier alpha value is -0.690. The highest BCUT2D eigenvalue weighted by Gasteiger charge is 2.46. The summed E-state index contributed by atoms with van der Waals surface area (Å²) >= 11 is 0. The van der Waals surface area contributed by atoms with Crippen molar-refractivity contribution in [3.63, 3.8) is 0 Å². The van der Waals surface area contributed by atoms with E-state index in [-0.39, 0.29) is 6.10 Å². The Morgan fingerprint density at radius 2 is 2.13 bits per heavy atom. The topological polar surface area (TPSA) is 80.0 Å². The first-order valence-electron chi connectivity index (χ1n) is 4.66. The van der Waals surface area contributed by atoms with Gasteiger partial charge in [0.1, 0.15) is 18.2 Å². The molecule has 0 saturated carbocycles. The zero-order valence-corrected chi connectivity index (χ0v) is 9.14. The molecule has 1 rings (SSSR count). The fourth-order valence-corrected chi connectivity index (χ4v) is 1.65. The molecule has 0 aromatic carbocycles. The van der Waals surface area contributed by atoms with E-state index in [9.17, 15) is 4.79 Å². The average molecular weight is 219 g/mol. The summed E-state index contributed by atoms with van der Waals surface area (Å²) in [5.41, 5.74) is 5.62. The maximum atomic E-state index is 11.3. The van der Waals surface area contributed by atoms with E-state index in [1.54, 1.807) is 7.11 Å². The van der Waals surface area contributed by atoms with E-state index in [2.05, 4.69) is 0 Å². The van der Waals surface area contributed by atoms with Crippen LogP contribution >= 0.6 is 0 Å². The third kappa shape index (κ3) is 2.46. The first-order valence-corrected chi connectivity index (χ1v) is 4.66. The van der Waals surface area contributed by atoms with Gasteiger partial charge in [0.15, 0.2) is 6.10 Å². The third-order valence-corrected chi connectivity index (χ3v) is 2.47. The standard InChI is InChI=1S/C9H17NO5/c1-12-4-5(13-2)7-8(14-3)6(10)9(11)15-7/h5-8H,4,10H2,1-3H3/t5-,6+,7+,8-/m1/s1. The van der Waals surface area contributed by atoms with Gasteiger partial charge >= 0.3 is 5.97 Å². The summed E-state index contributed by atoms with van der Waals surface area (Å²) in [5.74, 6) is -0.468. The molecule has 0 radical (unpaired) electrons. The maximum Gasteiger partial charge on any atom is 0.326 e. The van der Waals surface area contributed by atoms with Crippen LogP contribution in [0, 0.1) is 0 Å². The van der Waals surface area contributed by atoms with Crippen molar-refractivity contribution < 1.29 is 23.7 Å². The highest BCUT2D eigenvalue weighted by atomic mass is 16.6. The van der Waals surface area contributed by atoms with Crippen molar-refractivity contribution in [1.82, 2.24) is 0 Å². The van der Waals surface area contributed by atoms with Gasteiger partial charge in [-0.1, -0.05) is 0 Å². The van der Waals surface area contributed by atoms with Gasteiger partial charge in [0.25, 0.3) is 0 Å². The van der Waals surface area contributed by atoms with Gasteiger partial charge in [-0.25, -0.2) is 0 Å². The van der Waals surface area contributed by atoms with Crippen LogP contribution < -0.4 is 5.73 Å². The molecule has 2 N–H and O–H groups in total. The van der Waals surface area contributed by atoms with Crippen LogP contribution in [0.4, 0.5) is 0 Å². The number of hydrogen-bond acceptors (Lipinski definition) is 6. The van der Waals surface area contributed by atoms with Crippen molar-refractivity contribution in [2.45, 2.75) is 24.4 Å². The van der Waals surface area contributed by atoms with Crippen molar-refractivity contribution in [2.75, 3.05) is 27.9 Å². The van der Waals surface area contributed by atoms with Gasteiger partial charge in [0.05, 0.1) is 6.61 Å². The second kappa shape index (κ2) is 5.41. The largest absolute Gasteiger partial charge is 0.455 e. The number of hydrogen-bond donors (Lipinski definition) is 1. The monoisotopic (exact) mass is 219 g/mol. The molecule has 0 aliphatic carbocycles. The number of methoxy groups -OCH3 is 3. The Balaban J connectivity index is 2.70. The number of carbonyl (C=O) groups excluding carboxylic acids is 1. The van der Waals surface area contributed by atoms with E-state index in [0.29, 0.717) is 6.61 Å². The summed E-state index contributed by atoms with van der Waals surface area (Å²) in [6.07, 6.45) is -1.36. The van der Waals surface area contributed by atoms with Crippen molar-refractivity contribution >= 4 is 5.97 Å². The second-order valence-corrected chi connectivity index (χ2v) is 3.36. The molecule has 1 saturated heterocycles. The van der Waals surface area contributed by atoms with Crippen LogP contribution in [0.5, 0.6) is 0 Å². The van der Waals surface area contributed by atoms with Gasteiger partial charge in [-0.15, -0.1) is 0 Å². The van der Waals surface area contributed by atoms with E-state index in [4.69, 9.17) is 24.7 Å². The first kappa shape index (κ1) is 12.4. The minimum Gasteiger partial charge on any atom is -0.455 e. The summed E-state index contributed by atoms with van der Waals surface area (Å²) in [5, 5.41) is 0. The number of rotatable bonds is 5. The van der Waals surface area contributed by atoms with Crippen molar-refractivity contribution in [1.29, 1.82) is 0 Å². The second-order valence-electron chi connectivity index (χ2n) is 3.36. The van der Waals surface area contributed by atoms with Gasteiger partial charge < -0.3 is 24.7 Å². The van der Waals surface area contributed by atoms with Gasteiger partial charge in [-0.05, 0) is 0 Å². The molecule has 0 aromatic heterocycles. The lowest BCUT2D eigenvalue weighted by molar-refractivity contribution is -0.151. The third-order valence-electron chi connectivity index (χ3n) is 2.47.